The van der Waals surface area contributed by atoms with Crippen LogP contribution in [0.2, 0.25) is 0 Å². The lowest BCUT2D eigenvalue weighted by Crippen LogP contribution is -2.23. The van der Waals surface area contributed by atoms with Crippen molar-refractivity contribution in [1.29, 1.82) is 0 Å². The number of benzene rings is 1. The first kappa shape index (κ1) is 20.8. The zero-order valence-electron chi connectivity index (χ0n) is 16.6. The molecule has 2 heterocycles. The standard InChI is InChI=1S/C20H23N5O3S/c1-4-5-10-21-16-15-17(24-20(23-16)29-3)22-12-25(18(15)26)11-13-6-8-14(9-7-13)19(27)28-2/h6-9,12H,4-5,10-11H2,1-3H3,(H,21,23,24). The maximum atomic E-state index is 13.1. The Hall–Kier alpha value is -2.94. The summed E-state index contributed by atoms with van der Waals surface area (Å²) < 4.78 is 6.22. The summed E-state index contributed by atoms with van der Waals surface area (Å²) in [5, 5.41) is 4.20. The molecule has 29 heavy (non-hydrogen) atoms. The fourth-order valence-electron chi connectivity index (χ4n) is 2.82. The Balaban J connectivity index is 1.97. The molecule has 1 N–H and O–H groups in total. The molecule has 8 nitrogen and oxygen atoms in total. The van der Waals surface area contributed by atoms with Gasteiger partial charge in [0.15, 0.2) is 10.8 Å². The second-order valence-corrected chi connectivity index (χ2v) is 7.18. The van der Waals surface area contributed by atoms with Gasteiger partial charge in [0.2, 0.25) is 0 Å². The fourth-order valence-corrected chi connectivity index (χ4v) is 3.18. The number of esters is 1. The summed E-state index contributed by atoms with van der Waals surface area (Å²) in [5.41, 5.74) is 1.49. The normalized spacial score (nSPS) is 10.9. The van der Waals surface area contributed by atoms with Gasteiger partial charge in [0.05, 0.1) is 19.2 Å². The molecule has 0 bridgehead atoms. The van der Waals surface area contributed by atoms with E-state index in [0.29, 0.717) is 34.1 Å². The molecule has 0 saturated carbocycles. The third kappa shape index (κ3) is 4.73. The Morgan fingerprint density at radius 1 is 1.24 bits per heavy atom. The first-order valence-corrected chi connectivity index (χ1v) is 10.5. The number of methoxy groups -OCH3 is 1. The molecule has 0 atom stereocenters. The minimum Gasteiger partial charge on any atom is -0.465 e. The average Bonchev–Trinajstić information content (AvgIpc) is 2.75. The summed E-state index contributed by atoms with van der Waals surface area (Å²) in [5.74, 6) is 0.117. The first-order chi connectivity index (χ1) is 14.1. The monoisotopic (exact) mass is 413 g/mol. The number of rotatable bonds is 8. The predicted octanol–water partition coefficient (Wildman–Crippen LogP) is 2.96. The molecule has 9 heteroatoms. The number of fused-ring (bicyclic) bond motifs is 1. The molecule has 0 unspecified atom stereocenters. The van der Waals surface area contributed by atoms with Crippen LogP contribution in [0.4, 0.5) is 5.82 Å². The van der Waals surface area contributed by atoms with E-state index in [0.717, 1.165) is 24.9 Å². The summed E-state index contributed by atoms with van der Waals surface area (Å²) in [6.07, 6.45) is 5.39. The zero-order chi connectivity index (χ0) is 20.8. The Kier molecular flexibility index (Phi) is 6.82. The van der Waals surface area contributed by atoms with Crippen LogP contribution in [-0.4, -0.2) is 45.4 Å². The molecular weight excluding hydrogens is 390 g/mol. The molecule has 0 aliphatic rings. The second kappa shape index (κ2) is 9.51. The lowest BCUT2D eigenvalue weighted by Gasteiger charge is -2.11. The summed E-state index contributed by atoms with van der Waals surface area (Å²) in [6, 6.07) is 6.92. The first-order valence-electron chi connectivity index (χ1n) is 9.29. The van der Waals surface area contributed by atoms with Crippen LogP contribution in [0, 0.1) is 0 Å². The minimum absolute atomic E-state index is 0.210. The van der Waals surface area contributed by atoms with E-state index < -0.39 is 5.97 Å². The Morgan fingerprint density at radius 2 is 2.00 bits per heavy atom. The average molecular weight is 414 g/mol. The van der Waals surface area contributed by atoms with Gasteiger partial charge in [-0.3, -0.25) is 9.36 Å². The summed E-state index contributed by atoms with van der Waals surface area (Å²) in [6.45, 7) is 3.15. The Bertz CT molecular complexity index is 1070. The molecule has 0 radical (unpaired) electrons. The lowest BCUT2D eigenvalue weighted by molar-refractivity contribution is 0.0600. The van der Waals surface area contributed by atoms with E-state index in [4.69, 9.17) is 4.74 Å². The van der Waals surface area contributed by atoms with Gasteiger partial charge in [-0.25, -0.2) is 19.7 Å². The number of thioether (sulfide) groups is 1. The molecule has 152 valence electrons. The van der Waals surface area contributed by atoms with Gasteiger partial charge < -0.3 is 10.1 Å². The highest BCUT2D eigenvalue weighted by molar-refractivity contribution is 7.98. The third-order valence-corrected chi connectivity index (χ3v) is 4.94. The molecule has 0 amide bonds. The van der Waals surface area contributed by atoms with Crippen molar-refractivity contribution in [2.75, 3.05) is 25.2 Å². The third-order valence-electron chi connectivity index (χ3n) is 4.40. The van der Waals surface area contributed by atoms with Crippen LogP contribution in [-0.2, 0) is 11.3 Å². The molecule has 0 spiro atoms. The van der Waals surface area contributed by atoms with E-state index in [1.54, 1.807) is 24.3 Å². The van der Waals surface area contributed by atoms with Gasteiger partial charge >= 0.3 is 5.97 Å². The van der Waals surface area contributed by atoms with Gasteiger partial charge in [-0.05, 0) is 30.4 Å². The van der Waals surface area contributed by atoms with Crippen LogP contribution in [0.5, 0.6) is 0 Å². The Labute approximate surface area is 172 Å². The van der Waals surface area contributed by atoms with Gasteiger partial charge in [0, 0.05) is 6.54 Å². The van der Waals surface area contributed by atoms with Crippen molar-refractivity contribution in [2.45, 2.75) is 31.5 Å². The fraction of sp³-hybridized carbons (Fsp3) is 0.350. The largest absolute Gasteiger partial charge is 0.465 e. The number of aromatic nitrogens is 4. The highest BCUT2D eigenvalue weighted by atomic mass is 32.2. The van der Waals surface area contributed by atoms with Crippen LogP contribution in [0.25, 0.3) is 11.0 Å². The molecule has 1 aromatic carbocycles. The molecule has 0 aliphatic carbocycles. The highest BCUT2D eigenvalue weighted by Crippen LogP contribution is 2.19. The Morgan fingerprint density at radius 3 is 2.66 bits per heavy atom. The second-order valence-electron chi connectivity index (χ2n) is 6.40. The number of carbonyl (C=O) groups is 1. The van der Waals surface area contributed by atoms with Crippen LogP contribution < -0.4 is 10.9 Å². The molecule has 3 rings (SSSR count). The summed E-state index contributed by atoms with van der Waals surface area (Å²) in [7, 11) is 1.34. The molecule has 0 saturated heterocycles. The van der Waals surface area contributed by atoms with Crippen molar-refractivity contribution < 1.29 is 9.53 Å². The van der Waals surface area contributed by atoms with E-state index in [1.165, 1.54) is 29.8 Å². The van der Waals surface area contributed by atoms with Crippen LogP contribution in [0.15, 0.2) is 40.5 Å². The number of unbranched alkanes of at least 4 members (excludes halogenated alkanes) is 1. The number of anilines is 1. The van der Waals surface area contributed by atoms with Crippen molar-refractivity contribution in [3.05, 3.63) is 52.1 Å². The molecule has 0 aliphatic heterocycles. The van der Waals surface area contributed by atoms with Crippen molar-refractivity contribution in [3.63, 3.8) is 0 Å². The highest BCUT2D eigenvalue weighted by Gasteiger charge is 2.14. The quantitative estimate of drug-likeness (QED) is 0.260. The van der Waals surface area contributed by atoms with Crippen LogP contribution >= 0.6 is 11.8 Å². The van der Waals surface area contributed by atoms with E-state index in [-0.39, 0.29) is 5.56 Å². The van der Waals surface area contributed by atoms with Crippen LogP contribution in [0.1, 0.15) is 35.7 Å². The smallest absolute Gasteiger partial charge is 0.337 e. The molecule has 0 fully saturated rings. The van der Waals surface area contributed by atoms with Crippen molar-refractivity contribution in [2.24, 2.45) is 0 Å². The SMILES string of the molecule is CCCCNc1nc(SC)nc2ncn(Cc3ccc(C(=O)OC)cc3)c(=O)c12. The number of hydrogen-bond donors (Lipinski definition) is 1. The van der Waals surface area contributed by atoms with Crippen LogP contribution in [0.3, 0.4) is 0 Å². The predicted molar refractivity (Wildman–Crippen MR) is 114 cm³/mol. The minimum atomic E-state index is -0.398. The van der Waals surface area contributed by atoms with Crippen molar-refractivity contribution in [3.8, 4) is 0 Å². The maximum Gasteiger partial charge on any atom is 0.337 e. The van der Waals surface area contributed by atoms with Gasteiger partial charge in [0.1, 0.15) is 17.5 Å². The lowest BCUT2D eigenvalue weighted by atomic mass is 10.1. The van der Waals surface area contributed by atoms with Crippen molar-refractivity contribution >= 4 is 34.6 Å². The zero-order valence-corrected chi connectivity index (χ0v) is 17.5. The van der Waals surface area contributed by atoms with Crippen molar-refractivity contribution in [1.82, 2.24) is 19.5 Å². The summed E-state index contributed by atoms with van der Waals surface area (Å²) >= 11 is 1.41. The summed E-state index contributed by atoms with van der Waals surface area (Å²) in [4.78, 5) is 37.9. The number of nitrogens with one attached hydrogen (secondary N) is 1. The maximum absolute atomic E-state index is 13.1. The van der Waals surface area contributed by atoms with Gasteiger partial charge in [-0.1, -0.05) is 37.2 Å². The van der Waals surface area contributed by atoms with E-state index in [1.807, 2.05) is 6.26 Å². The molecule has 2 aromatic heterocycles. The topological polar surface area (TPSA) is 99.0 Å². The van der Waals surface area contributed by atoms with E-state index in [9.17, 15) is 9.59 Å². The molecule has 3 aromatic rings. The molecular formula is C20H23N5O3S. The van der Waals surface area contributed by atoms with E-state index in [2.05, 4.69) is 27.2 Å². The van der Waals surface area contributed by atoms with Gasteiger partial charge in [0.25, 0.3) is 5.56 Å². The van der Waals surface area contributed by atoms with Gasteiger partial charge in [-0.2, -0.15) is 0 Å². The number of ether oxygens (including phenoxy) is 1. The number of nitrogens with zero attached hydrogens (tertiary/aromatic N) is 4. The van der Waals surface area contributed by atoms with Gasteiger partial charge in [-0.15, -0.1) is 0 Å². The number of hydrogen-bond acceptors (Lipinski definition) is 8. The number of carbonyl (C=O) groups excluding carboxylic acids is 1. The van der Waals surface area contributed by atoms with E-state index >= 15 is 0 Å².